The standard InChI is InChI=1S/C15H18N2O/c1-2-11-6-5-7-12(10-11)17-15(18)13-8-3-4-9-14(13)16/h1,5-7,10,13-14H,3-4,8-9,16H2,(H,17,18). The zero-order valence-electron chi connectivity index (χ0n) is 10.4. The summed E-state index contributed by atoms with van der Waals surface area (Å²) in [6.45, 7) is 0. The molecule has 2 atom stereocenters. The molecule has 1 aliphatic rings. The van der Waals surface area contributed by atoms with Crippen molar-refractivity contribution in [2.45, 2.75) is 31.7 Å². The van der Waals surface area contributed by atoms with Crippen molar-refractivity contribution in [3.05, 3.63) is 29.8 Å². The van der Waals surface area contributed by atoms with Gasteiger partial charge in [-0.2, -0.15) is 0 Å². The molecule has 0 spiro atoms. The van der Waals surface area contributed by atoms with Crippen molar-refractivity contribution in [1.29, 1.82) is 0 Å². The summed E-state index contributed by atoms with van der Waals surface area (Å²) in [6.07, 6.45) is 9.34. The van der Waals surface area contributed by atoms with E-state index in [9.17, 15) is 4.79 Å². The van der Waals surface area contributed by atoms with Crippen LogP contribution in [0.4, 0.5) is 5.69 Å². The van der Waals surface area contributed by atoms with Gasteiger partial charge < -0.3 is 11.1 Å². The maximum absolute atomic E-state index is 12.1. The van der Waals surface area contributed by atoms with E-state index in [1.54, 1.807) is 6.07 Å². The van der Waals surface area contributed by atoms with E-state index in [4.69, 9.17) is 12.2 Å². The Labute approximate surface area is 108 Å². The molecule has 3 heteroatoms. The molecule has 0 bridgehead atoms. The third kappa shape index (κ3) is 2.91. The summed E-state index contributed by atoms with van der Waals surface area (Å²) in [5.74, 6) is 2.49. The zero-order chi connectivity index (χ0) is 13.0. The van der Waals surface area contributed by atoms with Gasteiger partial charge in [0.1, 0.15) is 0 Å². The van der Waals surface area contributed by atoms with Gasteiger partial charge in [-0.25, -0.2) is 0 Å². The Morgan fingerprint density at radius 3 is 2.89 bits per heavy atom. The van der Waals surface area contributed by atoms with Crippen LogP contribution in [0.3, 0.4) is 0 Å². The summed E-state index contributed by atoms with van der Waals surface area (Å²) >= 11 is 0. The molecule has 1 aromatic rings. The second-order valence-electron chi connectivity index (χ2n) is 4.77. The number of carbonyl (C=O) groups excluding carboxylic acids is 1. The highest BCUT2D eigenvalue weighted by molar-refractivity contribution is 5.93. The van der Waals surface area contributed by atoms with Gasteiger partial charge in [-0.05, 0) is 31.0 Å². The molecule has 1 saturated carbocycles. The lowest BCUT2D eigenvalue weighted by Crippen LogP contribution is -2.40. The molecule has 0 aliphatic heterocycles. The van der Waals surface area contributed by atoms with E-state index < -0.39 is 0 Å². The lowest BCUT2D eigenvalue weighted by Gasteiger charge is -2.27. The van der Waals surface area contributed by atoms with Crippen LogP contribution in [0, 0.1) is 18.3 Å². The summed E-state index contributed by atoms with van der Waals surface area (Å²) in [5.41, 5.74) is 7.50. The number of carbonyl (C=O) groups is 1. The number of benzene rings is 1. The van der Waals surface area contributed by atoms with Crippen molar-refractivity contribution in [2.75, 3.05) is 5.32 Å². The molecular formula is C15H18N2O. The largest absolute Gasteiger partial charge is 0.327 e. The first-order valence-electron chi connectivity index (χ1n) is 6.34. The van der Waals surface area contributed by atoms with Gasteiger partial charge >= 0.3 is 0 Å². The molecule has 0 heterocycles. The molecule has 0 aromatic heterocycles. The molecule has 3 nitrogen and oxygen atoms in total. The van der Waals surface area contributed by atoms with Gasteiger partial charge in [0.25, 0.3) is 0 Å². The zero-order valence-corrected chi connectivity index (χ0v) is 10.4. The molecule has 1 amide bonds. The number of hydrogen-bond acceptors (Lipinski definition) is 2. The van der Waals surface area contributed by atoms with Crippen LogP contribution >= 0.6 is 0 Å². The maximum atomic E-state index is 12.1. The first kappa shape index (κ1) is 12.7. The molecule has 2 rings (SSSR count). The Kier molecular flexibility index (Phi) is 4.01. The minimum absolute atomic E-state index is 0.0105. The normalized spacial score (nSPS) is 23.1. The summed E-state index contributed by atoms with van der Waals surface area (Å²) < 4.78 is 0. The molecule has 1 aromatic carbocycles. The van der Waals surface area contributed by atoms with Gasteiger partial charge in [-0.3, -0.25) is 4.79 Å². The molecule has 1 aliphatic carbocycles. The SMILES string of the molecule is C#Cc1cccc(NC(=O)C2CCCCC2N)c1. The van der Waals surface area contributed by atoms with E-state index in [0.717, 1.165) is 36.9 Å². The topological polar surface area (TPSA) is 55.1 Å². The quantitative estimate of drug-likeness (QED) is 0.780. The fourth-order valence-corrected chi connectivity index (χ4v) is 2.41. The van der Waals surface area contributed by atoms with E-state index in [0.29, 0.717) is 0 Å². The Balaban J connectivity index is 2.04. The van der Waals surface area contributed by atoms with Gasteiger partial charge in [-0.1, -0.05) is 24.8 Å². The second kappa shape index (κ2) is 5.70. The van der Waals surface area contributed by atoms with Crippen LogP contribution in [0.15, 0.2) is 24.3 Å². The number of nitrogens with one attached hydrogen (secondary N) is 1. The molecule has 0 saturated heterocycles. The molecule has 3 N–H and O–H groups in total. The van der Waals surface area contributed by atoms with E-state index in [2.05, 4.69) is 11.2 Å². The van der Waals surface area contributed by atoms with Crippen molar-refractivity contribution in [1.82, 2.24) is 0 Å². The van der Waals surface area contributed by atoms with Crippen LogP contribution in [0.2, 0.25) is 0 Å². The van der Waals surface area contributed by atoms with Crippen molar-refractivity contribution in [3.8, 4) is 12.3 Å². The van der Waals surface area contributed by atoms with Gasteiger partial charge in [0.2, 0.25) is 5.91 Å². The molecule has 1 fully saturated rings. The van der Waals surface area contributed by atoms with Crippen molar-refractivity contribution >= 4 is 11.6 Å². The predicted octanol–water partition coefficient (Wildman–Crippen LogP) is 2.12. The monoisotopic (exact) mass is 242 g/mol. The highest BCUT2D eigenvalue weighted by Gasteiger charge is 2.28. The lowest BCUT2D eigenvalue weighted by molar-refractivity contribution is -0.121. The number of amides is 1. The first-order chi connectivity index (χ1) is 8.70. The third-order valence-corrected chi connectivity index (χ3v) is 3.45. The second-order valence-corrected chi connectivity index (χ2v) is 4.77. The van der Waals surface area contributed by atoms with Gasteiger partial charge in [0.05, 0.1) is 5.92 Å². The highest BCUT2D eigenvalue weighted by atomic mass is 16.1. The maximum Gasteiger partial charge on any atom is 0.229 e. The average Bonchev–Trinajstić information content (AvgIpc) is 2.39. The number of terminal acetylenes is 1. The van der Waals surface area contributed by atoms with Crippen LogP contribution in [0.25, 0.3) is 0 Å². The fourth-order valence-electron chi connectivity index (χ4n) is 2.41. The summed E-state index contributed by atoms with van der Waals surface area (Å²) in [7, 11) is 0. The Hall–Kier alpha value is -1.79. The summed E-state index contributed by atoms with van der Waals surface area (Å²) in [6, 6.07) is 7.29. The molecule has 0 radical (unpaired) electrons. The van der Waals surface area contributed by atoms with Crippen LogP contribution < -0.4 is 11.1 Å². The molecular weight excluding hydrogens is 224 g/mol. The van der Waals surface area contributed by atoms with E-state index >= 15 is 0 Å². The summed E-state index contributed by atoms with van der Waals surface area (Å²) in [4.78, 5) is 12.1. The van der Waals surface area contributed by atoms with E-state index in [1.165, 1.54) is 0 Å². The number of rotatable bonds is 2. The van der Waals surface area contributed by atoms with E-state index in [-0.39, 0.29) is 17.9 Å². The van der Waals surface area contributed by atoms with Crippen LogP contribution in [0.1, 0.15) is 31.2 Å². The van der Waals surface area contributed by atoms with Crippen molar-refractivity contribution in [3.63, 3.8) is 0 Å². The van der Waals surface area contributed by atoms with Gasteiger partial charge in [0.15, 0.2) is 0 Å². The minimum Gasteiger partial charge on any atom is -0.327 e. The van der Waals surface area contributed by atoms with E-state index in [1.807, 2.05) is 18.2 Å². The highest BCUT2D eigenvalue weighted by Crippen LogP contribution is 2.24. The number of nitrogens with two attached hydrogens (primary N) is 1. The minimum atomic E-state index is -0.0757. The van der Waals surface area contributed by atoms with Gasteiger partial charge in [0, 0.05) is 17.3 Å². The molecule has 2 unspecified atom stereocenters. The molecule has 94 valence electrons. The lowest BCUT2D eigenvalue weighted by atomic mass is 9.84. The number of anilines is 1. The first-order valence-corrected chi connectivity index (χ1v) is 6.34. The number of hydrogen-bond donors (Lipinski definition) is 2. The van der Waals surface area contributed by atoms with Crippen molar-refractivity contribution in [2.24, 2.45) is 11.7 Å². The van der Waals surface area contributed by atoms with Crippen LogP contribution in [-0.2, 0) is 4.79 Å². The Bertz CT molecular complexity index is 476. The Morgan fingerprint density at radius 1 is 1.39 bits per heavy atom. The third-order valence-electron chi connectivity index (χ3n) is 3.45. The molecule has 18 heavy (non-hydrogen) atoms. The predicted molar refractivity (Wildman–Crippen MR) is 72.9 cm³/mol. The summed E-state index contributed by atoms with van der Waals surface area (Å²) in [5, 5.41) is 2.90. The van der Waals surface area contributed by atoms with Crippen LogP contribution in [-0.4, -0.2) is 11.9 Å². The van der Waals surface area contributed by atoms with Crippen LogP contribution in [0.5, 0.6) is 0 Å². The Morgan fingerprint density at radius 2 is 2.17 bits per heavy atom. The van der Waals surface area contributed by atoms with Crippen molar-refractivity contribution < 1.29 is 4.79 Å². The van der Waals surface area contributed by atoms with Gasteiger partial charge in [-0.15, -0.1) is 6.42 Å². The average molecular weight is 242 g/mol. The fraction of sp³-hybridized carbons (Fsp3) is 0.400. The smallest absolute Gasteiger partial charge is 0.229 e.